The van der Waals surface area contributed by atoms with Crippen LogP contribution in [0.25, 0.3) is 0 Å². The molecule has 0 unspecified atom stereocenters. The summed E-state index contributed by atoms with van der Waals surface area (Å²) < 4.78 is 0. The molecule has 0 bridgehead atoms. The number of aryl methyl sites for hydroxylation is 2. The predicted octanol–water partition coefficient (Wildman–Crippen LogP) is 3.50. The van der Waals surface area contributed by atoms with Crippen molar-refractivity contribution in [3.63, 3.8) is 0 Å². The van der Waals surface area contributed by atoms with Crippen molar-refractivity contribution < 1.29 is 5.11 Å². The lowest BCUT2D eigenvalue weighted by Gasteiger charge is -2.20. The van der Waals surface area contributed by atoms with Gasteiger partial charge in [0.1, 0.15) is 12.4 Å². The first kappa shape index (κ1) is 15.4. The maximum Gasteiger partial charge on any atom is 0.131 e. The Balaban J connectivity index is 0.000000218. The second-order valence-electron chi connectivity index (χ2n) is 5.82. The molecule has 0 aliphatic rings. The van der Waals surface area contributed by atoms with E-state index in [-0.39, 0.29) is 12.0 Å². The van der Waals surface area contributed by atoms with Crippen LogP contribution in [0.1, 0.15) is 43.3 Å². The van der Waals surface area contributed by atoms with Crippen LogP contribution in [0.4, 0.5) is 0 Å². The molecule has 1 aromatic carbocycles. The first-order valence-electron chi connectivity index (χ1n) is 6.51. The molecule has 2 aromatic rings. The third-order valence-electron chi connectivity index (χ3n) is 2.79. The molecule has 104 valence electrons. The zero-order valence-corrected chi connectivity index (χ0v) is 12.5. The van der Waals surface area contributed by atoms with E-state index in [1.807, 2.05) is 0 Å². The third-order valence-corrected chi connectivity index (χ3v) is 2.79. The lowest BCUT2D eigenvalue weighted by molar-refractivity contribution is 0.272. The molecule has 2 rings (SSSR count). The average Bonchev–Trinajstić information content (AvgIpc) is 2.80. The summed E-state index contributed by atoms with van der Waals surface area (Å²) in [5, 5.41) is 8.33. The number of hydrogen-bond donors (Lipinski definition) is 2. The predicted molar refractivity (Wildman–Crippen MR) is 79.1 cm³/mol. The van der Waals surface area contributed by atoms with Gasteiger partial charge in [0, 0.05) is 12.4 Å². The smallest absolute Gasteiger partial charge is 0.131 e. The van der Waals surface area contributed by atoms with Crippen LogP contribution in [0.5, 0.6) is 0 Å². The van der Waals surface area contributed by atoms with Gasteiger partial charge in [-0.25, -0.2) is 4.98 Å². The molecule has 3 heteroatoms. The summed E-state index contributed by atoms with van der Waals surface area (Å²) >= 11 is 0. The molecular weight excluding hydrogens is 236 g/mol. The lowest BCUT2D eigenvalue weighted by Crippen LogP contribution is -2.11. The summed E-state index contributed by atoms with van der Waals surface area (Å²) in [5.41, 5.74) is 4.43. The second kappa shape index (κ2) is 6.53. The third kappa shape index (κ3) is 5.26. The second-order valence-corrected chi connectivity index (χ2v) is 5.82. The fourth-order valence-corrected chi connectivity index (χ4v) is 1.79. The van der Waals surface area contributed by atoms with Crippen molar-refractivity contribution in [2.75, 3.05) is 0 Å². The molecule has 0 saturated carbocycles. The minimum absolute atomic E-state index is 0.00694. The van der Waals surface area contributed by atoms with Gasteiger partial charge in [0.25, 0.3) is 0 Å². The first-order chi connectivity index (χ1) is 8.82. The molecule has 0 aliphatic carbocycles. The number of hydrogen-bond acceptors (Lipinski definition) is 2. The molecule has 0 amide bonds. The highest BCUT2D eigenvalue weighted by molar-refractivity contribution is 5.32. The van der Waals surface area contributed by atoms with Gasteiger partial charge in [-0.05, 0) is 24.8 Å². The van der Waals surface area contributed by atoms with Gasteiger partial charge in [0.05, 0.1) is 0 Å². The molecule has 1 heterocycles. The van der Waals surface area contributed by atoms with E-state index in [1.54, 1.807) is 12.4 Å². The Kier molecular flexibility index (Phi) is 5.31. The monoisotopic (exact) mass is 260 g/mol. The van der Waals surface area contributed by atoms with Crippen molar-refractivity contribution in [1.29, 1.82) is 0 Å². The zero-order chi connectivity index (χ0) is 14.5. The Morgan fingerprint density at radius 3 is 2.00 bits per heavy atom. The Hall–Kier alpha value is -1.61. The highest BCUT2D eigenvalue weighted by atomic mass is 16.3. The normalized spacial score (nSPS) is 10.8. The lowest BCUT2D eigenvalue weighted by atomic mass is 9.85. The number of benzene rings is 1. The SMILES string of the molecule is Cc1cc(C)cc(C(C)(C)C)c1.OCc1ncc[nH]1. The Morgan fingerprint density at radius 1 is 1.11 bits per heavy atom. The number of aromatic nitrogens is 2. The van der Waals surface area contributed by atoms with Crippen LogP contribution in [0.3, 0.4) is 0 Å². The highest BCUT2D eigenvalue weighted by Gasteiger charge is 2.13. The van der Waals surface area contributed by atoms with Crippen molar-refractivity contribution in [1.82, 2.24) is 9.97 Å². The van der Waals surface area contributed by atoms with Gasteiger partial charge in [0.2, 0.25) is 0 Å². The number of aromatic amines is 1. The number of rotatable bonds is 1. The molecule has 2 N–H and O–H groups in total. The molecule has 0 fully saturated rings. The molecule has 19 heavy (non-hydrogen) atoms. The Morgan fingerprint density at radius 2 is 1.68 bits per heavy atom. The number of aliphatic hydroxyl groups is 1. The van der Waals surface area contributed by atoms with Crippen molar-refractivity contribution >= 4 is 0 Å². The fraction of sp³-hybridized carbons (Fsp3) is 0.438. The summed E-state index contributed by atoms with van der Waals surface area (Å²) in [7, 11) is 0. The van der Waals surface area contributed by atoms with Crippen LogP contribution in [-0.2, 0) is 12.0 Å². The number of nitrogens with zero attached hydrogens (tertiary/aromatic N) is 1. The number of aliphatic hydroxyl groups excluding tert-OH is 1. The number of H-pyrrole nitrogens is 1. The first-order valence-corrected chi connectivity index (χ1v) is 6.51. The van der Waals surface area contributed by atoms with Gasteiger partial charge in [-0.1, -0.05) is 50.1 Å². The fourth-order valence-electron chi connectivity index (χ4n) is 1.79. The molecule has 1 aromatic heterocycles. The number of nitrogens with one attached hydrogen (secondary N) is 1. The highest BCUT2D eigenvalue weighted by Crippen LogP contribution is 2.23. The average molecular weight is 260 g/mol. The van der Waals surface area contributed by atoms with Crippen molar-refractivity contribution in [3.8, 4) is 0 Å². The molecule has 0 aliphatic heterocycles. The van der Waals surface area contributed by atoms with E-state index in [9.17, 15) is 0 Å². The van der Waals surface area contributed by atoms with Crippen molar-refractivity contribution in [2.24, 2.45) is 0 Å². The van der Waals surface area contributed by atoms with Crippen LogP contribution in [0.15, 0.2) is 30.6 Å². The van der Waals surface area contributed by atoms with E-state index in [4.69, 9.17) is 5.11 Å². The van der Waals surface area contributed by atoms with E-state index >= 15 is 0 Å². The summed E-state index contributed by atoms with van der Waals surface area (Å²) in [6, 6.07) is 6.76. The minimum Gasteiger partial charge on any atom is -0.388 e. The van der Waals surface area contributed by atoms with Gasteiger partial charge in [-0.3, -0.25) is 0 Å². The topological polar surface area (TPSA) is 48.9 Å². The largest absolute Gasteiger partial charge is 0.388 e. The van der Waals surface area contributed by atoms with Gasteiger partial charge in [0.15, 0.2) is 0 Å². The van der Waals surface area contributed by atoms with Crippen LogP contribution in [-0.4, -0.2) is 15.1 Å². The zero-order valence-electron chi connectivity index (χ0n) is 12.5. The molecular formula is C16H24N2O. The van der Waals surface area contributed by atoms with E-state index in [1.165, 1.54) is 16.7 Å². The van der Waals surface area contributed by atoms with Gasteiger partial charge >= 0.3 is 0 Å². The van der Waals surface area contributed by atoms with E-state index in [0.29, 0.717) is 5.82 Å². The Bertz CT molecular complexity index is 476. The van der Waals surface area contributed by atoms with Crippen molar-refractivity contribution in [3.05, 3.63) is 53.1 Å². The molecule has 0 saturated heterocycles. The summed E-state index contributed by atoms with van der Waals surface area (Å²) in [6.45, 7) is 11.1. The van der Waals surface area contributed by atoms with E-state index in [0.717, 1.165) is 0 Å². The maximum absolute atomic E-state index is 8.33. The molecule has 3 nitrogen and oxygen atoms in total. The van der Waals surface area contributed by atoms with Crippen LogP contribution >= 0.6 is 0 Å². The maximum atomic E-state index is 8.33. The van der Waals surface area contributed by atoms with Crippen molar-refractivity contribution in [2.45, 2.75) is 46.6 Å². The van der Waals surface area contributed by atoms with E-state index < -0.39 is 0 Å². The standard InChI is InChI=1S/C12H18.C4H6N2O/c1-9-6-10(2)8-11(7-9)12(3,4)5;7-3-4-5-1-2-6-4/h6-8H,1-5H3;1-2,7H,3H2,(H,5,6). The minimum atomic E-state index is -0.00694. The van der Waals surface area contributed by atoms with Crippen LogP contribution < -0.4 is 0 Å². The van der Waals surface area contributed by atoms with Crippen LogP contribution in [0.2, 0.25) is 0 Å². The molecule has 0 atom stereocenters. The molecule has 0 spiro atoms. The van der Waals surface area contributed by atoms with Gasteiger partial charge < -0.3 is 10.1 Å². The number of imidazole rings is 1. The van der Waals surface area contributed by atoms with E-state index in [2.05, 4.69) is 62.8 Å². The summed E-state index contributed by atoms with van der Waals surface area (Å²) in [5.74, 6) is 0.611. The Labute approximate surface area is 115 Å². The van der Waals surface area contributed by atoms with Gasteiger partial charge in [-0.2, -0.15) is 0 Å². The quantitative estimate of drug-likeness (QED) is 0.824. The van der Waals surface area contributed by atoms with Crippen LogP contribution in [0, 0.1) is 13.8 Å². The summed E-state index contributed by atoms with van der Waals surface area (Å²) in [4.78, 5) is 6.45. The summed E-state index contributed by atoms with van der Waals surface area (Å²) in [6.07, 6.45) is 3.27. The van der Waals surface area contributed by atoms with Gasteiger partial charge in [-0.15, -0.1) is 0 Å². The molecule has 0 radical (unpaired) electrons.